The van der Waals surface area contributed by atoms with E-state index >= 15 is 0 Å². The second kappa shape index (κ2) is 4.52. The van der Waals surface area contributed by atoms with E-state index in [1.54, 1.807) is 0 Å². The normalized spacial score (nSPS) is 36.4. The van der Waals surface area contributed by atoms with E-state index in [9.17, 15) is 8.42 Å². The molecule has 2 atom stereocenters. The van der Waals surface area contributed by atoms with Crippen LogP contribution in [0.2, 0.25) is 0 Å². The summed E-state index contributed by atoms with van der Waals surface area (Å²) >= 11 is 0. The van der Waals surface area contributed by atoms with Gasteiger partial charge in [0.1, 0.15) is 0 Å². The first-order valence-corrected chi connectivity index (χ1v) is 8.33. The van der Waals surface area contributed by atoms with Gasteiger partial charge in [0.05, 0.1) is 11.5 Å². The fourth-order valence-electron chi connectivity index (χ4n) is 3.51. The van der Waals surface area contributed by atoms with Crippen LogP contribution in [-0.2, 0) is 9.84 Å². The second-order valence-electron chi connectivity index (χ2n) is 6.17. The highest BCUT2D eigenvalue weighted by Gasteiger charge is 2.44. The van der Waals surface area contributed by atoms with Gasteiger partial charge in [0, 0.05) is 18.1 Å². The summed E-state index contributed by atoms with van der Waals surface area (Å²) in [4.78, 5) is 2.41. The molecular formula is C12H24N2O2S. The molecule has 0 bridgehead atoms. The smallest absolute Gasteiger partial charge is 0.151 e. The van der Waals surface area contributed by atoms with Gasteiger partial charge < -0.3 is 5.73 Å². The number of nitrogens with two attached hydrogens (primary N) is 1. The summed E-state index contributed by atoms with van der Waals surface area (Å²) in [7, 11) is -2.78. The van der Waals surface area contributed by atoms with E-state index in [0.29, 0.717) is 17.4 Å². The van der Waals surface area contributed by atoms with Gasteiger partial charge in [0.25, 0.3) is 0 Å². The van der Waals surface area contributed by atoms with Gasteiger partial charge in [0.15, 0.2) is 9.84 Å². The van der Waals surface area contributed by atoms with Crippen LogP contribution in [0.3, 0.4) is 0 Å². The molecule has 100 valence electrons. The zero-order chi connectivity index (χ0) is 12.7. The Morgan fingerprint density at radius 2 is 2.12 bits per heavy atom. The van der Waals surface area contributed by atoms with E-state index in [1.807, 2.05) is 0 Å². The minimum absolute atomic E-state index is 0.129. The van der Waals surface area contributed by atoms with Crippen molar-refractivity contribution in [2.45, 2.75) is 44.7 Å². The Kier molecular flexibility index (Phi) is 3.54. The fourth-order valence-corrected chi connectivity index (χ4v) is 5.24. The molecule has 17 heavy (non-hydrogen) atoms. The van der Waals surface area contributed by atoms with Crippen molar-refractivity contribution in [3.05, 3.63) is 0 Å². The van der Waals surface area contributed by atoms with Crippen molar-refractivity contribution in [2.24, 2.45) is 11.7 Å². The Balaban J connectivity index is 2.06. The summed E-state index contributed by atoms with van der Waals surface area (Å²) in [6.45, 7) is 6.21. The number of hydrogen-bond acceptors (Lipinski definition) is 4. The Labute approximate surface area is 104 Å². The van der Waals surface area contributed by atoms with Gasteiger partial charge in [-0.25, -0.2) is 8.42 Å². The molecule has 2 rings (SSSR count). The molecule has 0 saturated carbocycles. The predicted octanol–water partition coefficient (Wildman–Crippen LogP) is 0.623. The average molecular weight is 260 g/mol. The van der Waals surface area contributed by atoms with E-state index in [-0.39, 0.29) is 11.6 Å². The monoisotopic (exact) mass is 260 g/mol. The number of hydrogen-bond donors (Lipinski definition) is 1. The molecule has 0 aromatic carbocycles. The molecule has 0 spiro atoms. The molecule has 2 unspecified atom stereocenters. The quantitative estimate of drug-likeness (QED) is 0.808. The fraction of sp³-hybridized carbons (Fsp3) is 1.00. The van der Waals surface area contributed by atoms with E-state index in [2.05, 4.69) is 18.7 Å². The SMILES string of the molecule is CC1(C)CC(CCN)CN1C1CCS(=O)(=O)C1. The molecule has 0 radical (unpaired) electrons. The van der Waals surface area contributed by atoms with Gasteiger partial charge in [-0.2, -0.15) is 0 Å². The van der Waals surface area contributed by atoms with Gasteiger partial charge in [-0.15, -0.1) is 0 Å². The number of sulfone groups is 1. The average Bonchev–Trinajstić information content (AvgIpc) is 2.67. The molecular weight excluding hydrogens is 236 g/mol. The van der Waals surface area contributed by atoms with Gasteiger partial charge in [-0.1, -0.05) is 0 Å². The van der Waals surface area contributed by atoms with Crippen LogP contribution in [0.15, 0.2) is 0 Å². The van der Waals surface area contributed by atoms with E-state index in [0.717, 1.165) is 32.4 Å². The van der Waals surface area contributed by atoms with Crippen LogP contribution in [0.5, 0.6) is 0 Å². The zero-order valence-electron chi connectivity index (χ0n) is 10.9. The summed E-state index contributed by atoms with van der Waals surface area (Å²) in [5.74, 6) is 1.36. The third kappa shape index (κ3) is 2.83. The maximum Gasteiger partial charge on any atom is 0.151 e. The molecule has 2 saturated heterocycles. The first-order valence-electron chi connectivity index (χ1n) is 6.51. The molecule has 0 aromatic heterocycles. The molecule has 2 aliphatic heterocycles. The molecule has 5 heteroatoms. The number of nitrogens with zero attached hydrogens (tertiary/aromatic N) is 1. The maximum absolute atomic E-state index is 11.6. The molecule has 0 aliphatic carbocycles. The van der Waals surface area contributed by atoms with Crippen LogP contribution in [0.1, 0.15) is 33.1 Å². The first-order chi connectivity index (χ1) is 7.84. The maximum atomic E-state index is 11.6. The van der Waals surface area contributed by atoms with Crippen molar-refractivity contribution in [2.75, 3.05) is 24.6 Å². The van der Waals surface area contributed by atoms with Crippen molar-refractivity contribution >= 4 is 9.84 Å². The lowest BCUT2D eigenvalue weighted by molar-refractivity contribution is 0.127. The summed E-state index contributed by atoms with van der Waals surface area (Å²) < 4.78 is 23.1. The molecule has 2 aliphatic rings. The Morgan fingerprint density at radius 3 is 2.65 bits per heavy atom. The summed E-state index contributed by atoms with van der Waals surface area (Å²) in [5.41, 5.74) is 5.75. The Morgan fingerprint density at radius 1 is 1.41 bits per heavy atom. The Bertz CT molecular complexity index is 378. The second-order valence-corrected chi connectivity index (χ2v) is 8.40. The highest BCUT2D eigenvalue weighted by atomic mass is 32.2. The minimum Gasteiger partial charge on any atom is -0.330 e. The third-order valence-electron chi connectivity index (χ3n) is 4.24. The lowest BCUT2D eigenvalue weighted by Gasteiger charge is -2.35. The van der Waals surface area contributed by atoms with Crippen molar-refractivity contribution in [1.82, 2.24) is 4.90 Å². The molecule has 2 N–H and O–H groups in total. The molecule has 4 nitrogen and oxygen atoms in total. The molecule has 0 aromatic rings. The Hall–Kier alpha value is -0.130. The van der Waals surface area contributed by atoms with Crippen molar-refractivity contribution < 1.29 is 8.42 Å². The van der Waals surface area contributed by atoms with Gasteiger partial charge in [-0.05, 0) is 45.6 Å². The first kappa shape index (κ1) is 13.3. The number of likely N-dealkylation sites (tertiary alicyclic amines) is 1. The summed E-state index contributed by atoms with van der Waals surface area (Å²) in [6, 6.07) is 0.234. The largest absolute Gasteiger partial charge is 0.330 e. The van der Waals surface area contributed by atoms with Crippen LogP contribution in [0.25, 0.3) is 0 Å². The highest BCUT2D eigenvalue weighted by Crippen LogP contribution is 2.38. The molecule has 0 amide bonds. The van der Waals surface area contributed by atoms with Crippen LogP contribution in [0, 0.1) is 5.92 Å². The van der Waals surface area contributed by atoms with Crippen LogP contribution in [-0.4, -0.2) is 49.5 Å². The lowest BCUT2D eigenvalue weighted by Crippen LogP contribution is -2.46. The lowest BCUT2D eigenvalue weighted by atomic mass is 9.94. The predicted molar refractivity (Wildman–Crippen MR) is 69.6 cm³/mol. The zero-order valence-corrected chi connectivity index (χ0v) is 11.7. The van der Waals surface area contributed by atoms with Crippen LogP contribution >= 0.6 is 0 Å². The molecule has 2 heterocycles. The van der Waals surface area contributed by atoms with E-state index in [4.69, 9.17) is 5.73 Å². The van der Waals surface area contributed by atoms with Crippen LogP contribution in [0.4, 0.5) is 0 Å². The van der Waals surface area contributed by atoms with Gasteiger partial charge >= 0.3 is 0 Å². The minimum atomic E-state index is -2.78. The van der Waals surface area contributed by atoms with E-state index in [1.165, 1.54) is 0 Å². The number of rotatable bonds is 3. The van der Waals surface area contributed by atoms with Crippen molar-refractivity contribution in [3.8, 4) is 0 Å². The van der Waals surface area contributed by atoms with E-state index < -0.39 is 9.84 Å². The highest BCUT2D eigenvalue weighted by molar-refractivity contribution is 7.91. The molecule has 2 fully saturated rings. The van der Waals surface area contributed by atoms with Crippen molar-refractivity contribution in [3.63, 3.8) is 0 Å². The van der Waals surface area contributed by atoms with Crippen LogP contribution < -0.4 is 5.73 Å². The van der Waals surface area contributed by atoms with Gasteiger partial charge in [0.2, 0.25) is 0 Å². The third-order valence-corrected chi connectivity index (χ3v) is 6.00. The van der Waals surface area contributed by atoms with Crippen molar-refractivity contribution in [1.29, 1.82) is 0 Å². The topological polar surface area (TPSA) is 63.4 Å². The summed E-state index contributed by atoms with van der Waals surface area (Å²) in [5, 5.41) is 0. The van der Waals surface area contributed by atoms with Gasteiger partial charge in [-0.3, -0.25) is 4.90 Å². The summed E-state index contributed by atoms with van der Waals surface area (Å²) in [6.07, 6.45) is 3.00. The standard InChI is InChI=1S/C12H24N2O2S/c1-12(2)7-10(3-5-13)8-14(12)11-4-6-17(15,16)9-11/h10-11H,3-9,13H2,1-2H3.